The Labute approximate surface area is 133 Å². The average Bonchev–Trinajstić information content (AvgIpc) is 2.42. The number of likely N-dealkylation sites (N-methyl/N-ethyl adjacent to an activating group) is 1. The fraction of sp³-hybridized carbons (Fsp3) is 0.368. The van der Waals surface area contributed by atoms with Crippen molar-refractivity contribution in [2.45, 2.75) is 38.1 Å². The minimum Gasteiger partial charge on any atom is -0.316 e. The standard InChI is InChI=1S/C19H25NS/c1-14-6-5-7-19(11-14)21-13-18(20-4)12-17-9-15(2)8-16(3)10-17/h5-11,18,20H,12-13H2,1-4H3. The number of benzene rings is 2. The lowest BCUT2D eigenvalue weighted by Crippen LogP contribution is -2.30. The van der Waals surface area contributed by atoms with Gasteiger partial charge in [0, 0.05) is 16.7 Å². The Morgan fingerprint density at radius 1 is 0.952 bits per heavy atom. The molecule has 112 valence electrons. The van der Waals surface area contributed by atoms with Crippen LogP contribution in [0.25, 0.3) is 0 Å². The van der Waals surface area contributed by atoms with Crippen LogP contribution < -0.4 is 5.32 Å². The van der Waals surface area contributed by atoms with Crippen molar-refractivity contribution in [2.75, 3.05) is 12.8 Å². The molecule has 0 radical (unpaired) electrons. The first-order chi connectivity index (χ1) is 10.1. The third-order valence-corrected chi connectivity index (χ3v) is 4.77. The summed E-state index contributed by atoms with van der Waals surface area (Å²) in [5.74, 6) is 1.09. The van der Waals surface area contributed by atoms with E-state index in [1.807, 2.05) is 11.8 Å². The number of nitrogens with one attached hydrogen (secondary N) is 1. The molecule has 0 spiro atoms. The van der Waals surface area contributed by atoms with E-state index in [0.29, 0.717) is 6.04 Å². The van der Waals surface area contributed by atoms with E-state index in [2.05, 4.69) is 75.6 Å². The van der Waals surface area contributed by atoms with Gasteiger partial charge in [-0.2, -0.15) is 0 Å². The van der Waals surface area contributed by atoms with Crippen LogP contribution in [0, 0.1) is 20.8 Å². The molecular weight excluding hydrogens is 274 g/mol. The summed E-state index contributed by atoms with van der Waals surface area (Å²) in [6.45, 7) is 6.49. The molecule has 0 saturated carbocycles. The summed E-state index contributed by atoms with van der Waals surface area (Å²) in [5.41, 5.74) is 5.46. The van der Waals surface area contributed by atoms with Crippen LogP contribution in [0.1, 0.15) is 22.3 Å². The van der Waals surface area contributed by atoms with Crippen LogP contribution in [0.15, 0.2) is 47.4 Å². The summed E-state index contributed by atoms with van der Waals surface area (Å²) in [6.07, 6.45) is 1.08. The number of aryl methyl sites for hydroxylation is 3. The van der Waals surface area contributed by atoms with E-state index in [9.17, 15) is 0 Å². The summed E-state index contributed by atoms with van der Waals surface area (Å²) >= 11 is 1.93. The molecule has 0 aliphatic carbocycles. The van der Waals surface area contributed by atoms with Crippen LogP contribution in [0.2, 0.25) is 0 Å². The van der Waals surface area contributed by atoms with Crippen molar-refractivity contribution in [1.29, 1.82) is 0 Å². The highest BCUT2D eigenvalue weighted by Gasteiger charge is 2.09. The smallest absolute Gasteiger partial charge is 0.0199 e. The fourth-order valence-corrected chi connectivity index (χ4v) is 3.74. The summed E-state index contributed by atoms with van der Waals surface area (Å²) in [6, 6.07) is 16.1. The summed E-state index contributed by atoms with van der Waals surface area (Å²) in [5, 5.41) is 3.45. The van der Waals surface area contributed by atoms with Gasteiger partial charge >= 0.3 is 0 Å². The lowest BCUT2D eigenvalue weighted by atomic mass is 10.0. The van der Waals surface area contributed by atoms with Gasteiger partial charge < -0.3 is 5.32 Å². The van der Waals surface area contributed by atoms with Crippen LogP contribution >= 0.6 is 11.8 Å². The molecule has 1 atom stereocenters. The lowest BCUT2D eigenvalue weighted by Gasteiger charge is -2.17. The second-order valence-electron chi connectivity index (χ2n) is 5.81. The predicted octanol–water partition coefficient (Wildman–Crippen LogP) is 4.53. The van der Waals surface area contributed by atoms with Crippen molar-refractivity contribution in [3.05, 3.63) is 64.7 Å². The molecule has 2 aromatic rings. The summed E-state index contributed by atoms with van der Waals surface area (Å²) in [7, 11) is 2.06. The largest absolute Gasteiger partial charge is 0.316 e. The van der Waals surface area contributed by atoms with Crippen molar-refractivity contribution in [3.8, 4) is 0 Å². The van der Waals surface area contributed by atoms with Crippen LogP contribution in [0.4, 0.5) is 0 Å². The third kappa shape index (κ3) is 5.22. The van der Waals surface area contributed by atoms with E-state index in [0.717, 1.165) is 12.2 Å². The van der Waals surface area contributed by atoms with Gasteiger partial charge in [0.15, 0.2) is 0 Å². The highest BCUT2D eigenvalue weighted by atomic mass is 32.2. The highest BCUT2D eigenvalue weighted by molar-refractivity contribution is 7.99. The van der Waals surface area contributed by atoms with Crippen molar-refractivity contribution >= 4 is 11.8 Å². The van der Waals surface area contributed by atoms with Gasteiger partial charge in [-0.3, -0.25) is 0 Å². The predicted molar refractivity (Wildman–Crippen MR) is 94.4 cm³/mol. The normalized spacial score (nSPS) is 12.4. The molecule has 2 rings (SSSR count). The Kier molecular flexibility index (Phi) is 5.89. The first-order valence-corrected chi connectivity index (χ1v) is 8.49. The van der Waals surface area contributed by atoms with Crippen LogP contribution in [0.5, 0.6) is 0 Å². The van der Waals surface area contributed by atoms with Crippen LogP contribution in [0.3, 0.4) is 0 Å². The molecule has 0 saturated heterocycles. The van der Waals surface area contributed by atoms with E-state index in [1.165, 1.54) is 27.1 Å². The van der Waals surface area contributed by atoms with E-state index < -0.39 is 0 Å². The molecule has 0 aliphatic rings. The summed E-state index contributed by atoms with van der Waals surface area (Å²) in [4.78, 5) is 1.36. The first kappa shape index (κ1) is 16.1. The van der Waals surface area contributed by atoms with Crippen molar-refractivity contribution in [2.24, 2.45) is 0 Å². The zero-order valence-electron chi connectivity index (χ0n) is 13.4. The Morgan fingerprint density at radius 3 is 2.29 bits per heavy atom. The molecule has 0 amide bonds. The average molecular weight is 299 g/mol. The van der Waals surface area contributed by atoms with Gasteiger partial charge in [0.2, 0.25) is 0 Å². The van der Waals surface area contributed by atoms with Crippen molar-refractivity contribution in [3.63, 3.8) is 0 Å². The van der Waals surface area contributed by atoms with E-state index >= 15 is 0 Å². The fourth-order valence-electron chi connectivity index (χ4n) is 2.62. The minimum absolute atomic E-state index is 0.497. The minimum atomic E-state index is 0.497. The summed E-state index contributed by atoms with van der Waals surface area (Å²) < 4.78 is 0. The molecule has 0 heterocycles. The quantitative estimate of drug-likeness (QED) is 0.786. The van der Waals surface area contributed by atoms with Gasteiger partial charge in [-0.05, 0) is 51.9 Å². The maximum absolute atomic E-state index is 3.45. The first-order valence-electron chi connectivity index (χ1n) is 7.50. The monoisotopic (exact) mass is 299 g/mol. The van der Waals surface area contributed by atoms with Gasteiger partial charge in [-0.1, -0.05) is 47.0 Å². The van der Waals surface area contributed by atoms with Crippen LogP contribution in [-0.2, 0) is 6.42 Å². The SMILES string of the molecule is CNC(CSc1cccc(C)c1)Cc1cc(C)cc(C)c1. The highest BCUT2D eigenvalue weighted by Crippen LogP contribution is 2.21. The Hall–Kier alpha value is -1.25. The topological polar surface area (TPSA) is 12.0 Å². The molecule has 2 heteroatoms. The van der Waals surface area contributed by atoms with Gasteiger partial charge in [-0.15, -0.1) is 11.8 Å². The van der Waals surface area contributed by atoms with E-state index in [-0.39, 0.29) is 0 Å². The Bertz CT molecular complexity index is 572. The number of rotatable bonds is 6. The number of hydrogen-bond donors (Lipinski definition) is 1. The van der Waals surface area contributed by atoms with Gasteiger partial charge in [0.05, 0.1) is 0 Å². The van der Waals surface area contributed by atoms with E-state index in [4.69, 9.17) is 0 Å². The molecule has 0 fully saturated rings. The second-order valence-corrected chi connectivity index (χ2v) is 6.91. The molecule has 0 aliphatic heterocycles. The molecule has 0 bridgehead atoms. The van der Waals surface area contributed by atoms with E-state index in [1.54, 1.807) is 0 Å². The third-order valence-electron chi connectivity index (χ3n) is 3.61. The molecule has 1 nitrogen and oxygen atoms in total. The Balaban J connectivity index is 1.96. The van der Waals surface area contributed by atoms with Crippen molar-refractivity contribution in [1.82, 2.24) is 5.32 Å². The molecule has 2 aromatic carbocycles. The van der Waals surface area contributed by atoms with Gasteiger partial charge in [-0.25, -0.2) is 0 Å². The molecule has 21 heavy (non-hydrogen) atoms. The van der Waals surface area contributed by atoms with Gasteiger partial charge in [0.25, 0.3) is 0 Å². The zero-order valence-corrected chi connectivity index (χ0v) is 14.3. The number of hydrogen-bond acceptors (Lipinski definition) is 2. The Morgan fingerprint density at radius 2 is 1.67 bits per heavy atom. The lowest BCUT2D eigenvalue weighted by molar-refractivity contribution is 0.617. The molecule has 1 N–H and O–H groups in total. The maximum Gasteiger partial charge on any atom is 0.0199 e. The molecule has 1 unspecified atom stereocenters. The maximum atomic E-state index is 3.45. The molecular formula is C19H25NS. The molecule has 0 aromatic heterocycles. The second kappa shape index (κ2) is 7.67. The van der Waals surface area contributed by atoms with Crippen molar-refractivity contribution < 1.29 is 0 Å². The zero-order chi connectivity index (χ0) is 15.2. The number of thioether (sulfide) groups is 1. The van der Waals surface area contributed by atoms with Gasteiger partial charge in [0.1, 0.15) is 0 Å². The van der Waals surface area contributed by atoms with Crippen LogP contribution in [-0.4, -0.2) is 18.8 Å².